The number of rotatable bonds is 1. The number of hydrogen-bond acceptors (Lipinski definition) is 3. The van der Waals surface area contributed by atoms with Crippen LogP contribution in [0.2, 0.25) is 0 Å². The van der Waals surface area contributed by atoms with Crippen LogP contribution in [-0.4, -0.2) is 9.55 Å². The van der Waals surface area contributed by atoms with Gasteiger partial charge in [-0.1, -0.05) is 0 Å². The Morgan fingerprint density at radius 1 is 1.19 bits per heavy atom. The second kappa shape index (κ2) is 4.82. The van der Waals surface area contributed by atoms with E-state index in [9.17, 15) is 8.78 Å². The van der Waals surface area contributed by atoms with Crippen molar-refractivity contribution in [3.63, 3.8) is 0 Å². The number of aromatic nitrogens is 2. The van der Waals surface area contributed by atoms with Gasteiger partial charge in [0.2, 0.25) is 5.95 Å². The molecule has 0 aliphatic rings. The molecule has 0 amide bonds. The Bertz CT molecular complexity index is 911. The van der Waals surface area contributed by atoms with Crippen molar-refractivity contribution in [1.29, 1.82) is 5.26 Å². The van der Waals surface area contributed by atoms with E-state index < -0.39 is 11.6 Å². The van der Waals surface area contributed by atoms with Crippen molar-refractivity contribution in [3.05, 3.63) is 52.0 Å². The number of nitriles is 1. The number of halogens is 3. The van der Waals surface area contributed by atoms with Crippen LogP contribution >= 0.6 is 15.9 Å². The molecule has 104 valence electrons. The smallest absolute Gasteiger partial charge is 0.206 e. The Labute approximate surface area is 126 Å². The van der Waals surface area contributed by atoms with Gasteiger partial charge in [0.1, 0.15) is 11.6 Å². The number of imidazole rings is 1. The average molecular weight is 349 g/mol. The van der Waals surface area contributed by atoms with Gasteiger partial charge in [0.05, 0.1) is 32.8 Å². The zero-order chi connectivity index (χ0) is 15.1. The molecular formula is C14H7BrF2N4. The molecule has 3 aromatic rings. The first-order valence-electron chi connectivity index (χ1n) is 5.84. The summed E-state index contributed by atoms with van der Waals surface area (Å²) in [6, 6.07) is 8.57. The van der Waals surface area contributed by atoms with E-state index in [1.54, 1.807) is 0 Å². The van der Waals surface area contributed by atoms with Crippen molar-refractivity contribution in [2.45, 2.75) is 0 Å². The molecule has 7 heteroatoms. The standard InChI is InChI=1S/C14H7BrF2N4/c15-8-4-13-11(5-9(8)16)20-14(19)21(13)12-2-1-7(6-18)3-10(12)17/h1-5H,(H2,19,20). The van der Waals surface area contributed by atoms with Crippen LogP contribution < -0.4 is 5.73 Å². The molecule has 0 aliphatic heterocycles. The largest absolute Gasteiger partial charge is 0.369 e. The first kappa shape index (κ1) is 13.5. The molecule has 1 aromatic heterocycles. The van der Waals surface area contributed by atoms with E-state index in [-0.39, 0.29) is 21.7 Å². The van der Waals surface area contributed by atoms with Gasteiger partial charge in [-0.25, -0.2) is 13.8 Å². The van der Waals surface area contributed by atoms with Crippen LogP contribution in [0.25, 0.3) is 16.7 Å². The highest BCUT2D eigenvalue weighted by molar-refractivity contribution is 9.10. The van der Waals surface area contributed by atoms with Crippen molar-refractivity contribution in [3.8, 4) is 11.8 Å². The Kier molecular flexibility index (Phi) is 3.11. The van der Waals surface area contributed by atoms with Gasteiger partial charge < -0.3 is 5.73 Å². The Hall–Kier alpha value is -2.46. The van der Waals surface area contributed by atoms with Crippen LogP contribution in [0.4, 0.5) is 14.7 Å². The van der Waals surface area contributed by atoms with Gasteiger partial charge in [-0.3, -0.25) is 4.57 Å². The third-order valence-electron chi connectivity index (χ3n) is 3.04. The van der Waals surface area contributed by atoms with Crippen LogP contribution in [-0.2, 0) is 0 Å². The topological polar surface area (TPSA) is 67.6 Å². The highest BCUT2D eigenvalue weighted by atomic mass is 79.9. The molecule has 0 saturated heterocycles. The minimum atomic E-state index is -0.611. The molecule has 0 radical (unpaired) electrons. The number of nitrogen functional groups attached to an aromatic ring is 1. The van der Waals surface area contributed by atoms with Crippen LogP contribution in [0.15, 0.2) is 34.8 Å². The molecule has 2 N–H and O–H groups in total. The zero-order valence-electron chi connectivity index (χ0n) is 10.4. The normalized spacial score (nSPS) is 10.8. The molecule has 0 bridgehead atoms. The predicted molar refractivity (Wildman–Crippen MR) is 77.8 cm³/mol. The molecule has 3 rings (SSSR count). The van der Waals surface area contributed by atoms with E-state index in [1.807, 2.05) is 6.07 Å². The first-order valence-corrected chi connectivity index (χ1v) is 6.63. The second-order valence-electron chi connectivity index (χ2n) is 4.34. The monoisotopic (exact) mass is 348 g/mol. The maximum atomic E-state index is 14.1. The molecule has 0 atom stereocenters. The van der Waals surface area contributed by atoms with Gasteiger partial charge in [0.25, 0.3) is 0 Å². The van der Waals surface area contributed by atoms with Gasteiger partial charge in [0, 0.05) is 6.07 Å². The number of fused-ring (bicyclic) bond motifs is 1. The minimum Gasteiger partial charge on any atom is -0.369 e. The van der Waals surface area contributed by atoms with Crippen molar-refractivity contribution < 1.29 is 8.78 Å². The maximum absolute atomic E-state index is 14.1. The zero-order valence-corrected chi connectivity index (χ0v) is 12.0. The summed E-state index contributed by atoms with van der Waals surface area (Å²) in [6.45, 7) is 0. The number of nitrogens with two attached hydrogens (primary N) is 1. The Morgan fingerprint density at radius 2 is 1.95 bits per heavy atom. The molecule has 0 aliphatic carbocycles. The second-order valence-corrected chi connectivity index (χ2v) is 5.19. The summed E-state index contributed by atoms with van der Waals surface area (Å²) in [4.78, 5) is 4.02. The van der Waals surface area contributed by atoms with Gasteiger partial charge >= 0.3 is 0 Å². The molecular weight excluding hydrogens is 342 g/mol. The fourth-order valence-electron chi connectivity index (χ4n) is 2.10. The highest BCUT2D eigenvalue weighted by Crippen LogP contribution is 2.29. The lowest BCUT2D eigenvalue weighted by molar-refractivity contribution is 0.619. The summed E-state index contributed by atoms with van der Waals surface area (Å²) in [6.07, 6.45) is 0. The van der Waals surface area contributed by atoms with Crippen molar-refractivity contribution in [2.24, 2.45) is 0 Å². The summed E-state index contributed by atoms with van der Waals surface area (Å²) in [5.74, 6) is -1.06. The Balaban J connectivity index is 2.32. The maximum Gasteiger partial charge on any atom is 0.206 e. The highest BCUT2D eigenvalue weighted by Gasteiger charge is 2.16. The summed E-state index contributed by atoms with van der Waals surface area (Å²) < 4.78 is 29.3. The van der Waals surface area contributed by atoms with Crippen molar-refractivity contribution in [2.75, 3.05) is 5.73 Å². The quantitative estimate of drug-likeness (QED) is 0.731. The SMILES string of the molecule is N#Cc1ccc(-n2c(N)nc3cc(F)c(Br)cc32)c(F)c1. The summed E-state index contributed by atoms with van der Waals surface area (Å²) >= 11 is 3.08. The predicted octanol–water partition coefficient (Wildman–Crippen LogP) is 3.52. The average Bonchev–Trinajstić information content (AvgIpc) is 2.75. The minimum absolute atomic E-state index is 0.0334. The molecule has 0 unspecified atom stereocenters. The van der Waals surface area contributed by atoms with Gasteiger partial charge in [-0.05, 0) is 40.2 Å². The van der Waals surface area contributed by atoms with E-state index in [0.717, 1.165) is 6.07 Å². The van der Waals surface area contributed by atoms with Gasteiger partial charge in [0.15, 0.2) is 0 Å². The number of benzene rings is 2. The molecule has 4 nitrogen and oxygen atoms in total. The molecule has 2 aromatic carbocycles. The molecule has 1 heterocycles. The number of anilines is 1. The Morgan fingerprint density at radius 3 is 2.62 bits per heavy atom. The van der Waals surface area contributed by atoms with Crippen LogP contribution in [0.5, 0.6) is 0 Å². The third kappa shape index (κ3) is 2.14. The fourth-order valence-corrected chi connectivity index (χ4v) is 2.43. The van der Waals surface area contributed by atoms with Gasteiger partial charge in [-0.2, -0.15) is 5.26 Å². The molecule has 0 saturated carbocycles. The van der Waals surface area contributed by atoms with Crippen LogP contribution in [0.1, 0.15) is 5.56 Å². The van der Waals surface area contributed by atoms with Crippen molar-refractivity contribution >= 4 is 32.9 Å². The summed E-state index contributed by atoms with van der Waals surface area (Å²) in [7, 11) is 0. The summed E-state index contributed by atoms with van der Waals surface area (Å²) in [5, 5.41) is 8.77. The van der Waals surface area contributed by atoms with Crippen molar-refractivity contribution in [1.82, 2.24) is 9.55 Å². The lowest BCUT2D eigenvalue weighted by Gasteiger charge is -2.08. The van der Waals surface area contributed by atoms with E-state index in [1.165, 1.54) is 28.8 Å². The van der Waals surface area contributed by atoms with E-state index in [4.69, 9.17) is 11.0 Å². The van der Waals surface area contributed by atoms with E-state index in [0.29, 0.717) is 11.0 Å². The lowest BCUT2D eigenvalue weighted by atomic mass is 10.2. The third-order valence-corrected chi connectivity index (χ3v) is 3.65. The van der Waals surface area contributed by atoms with E-state index >= 15 is 0 Å². The molecule has 21 heavy (non-hydrogen) atoms. The van der Waals surface area contributed by atoms with Crippen LogP contribution in [0.3, 0.4) is 0 Å². The van der Waals surface area contributed by atoms with Crippen LogP contribution in [0, 0.1) is 23.0 Å². The number of hydrogen-bond donors (Lipinski definition) is 1. The number of nitrogens with zero attached hydrogens (tertiary/aromatic N) is 3. The lowest BCUT2D eigenvalue weighted by Crippen LogP contribution is -2.03. The fraction of sp³-hybridized carbons (Fsp3) is 0. The molecule has 0 spiro atoms. The van der Waals surface area contributed by atoms with E-state index in [2.05, 4.69) is 20.9 Å². The molecule has 0 fully saturated rings. The van der Waals surface area contributed by atoms with Gasteiger partial charge in [-0.15, -0.1) is 0 Å². The summed E-state index contributed by atoms with van der Waals surface area (Å²) in [5.41, 5.74) is 6.93. The first-order chi connectivity index (χ1) is 10.0.